The van der Waals surface area contributed by atoms with Crippen LogP contribution in [0.3, 0.4) is 0 Å². The molecule has 0 spiro atoms. The quantitative estimate of drug-likeness (QED) is 0.575. The zero-order valence-electron chi connectivity index (χ0n) is 20.1. The van der Waals surface area contributed by atoms with Crippen molar-refractivity contribution < 1.29 is 24.0 Å². The summed E-state index contributed by atoms with van der Waals surface area (Å²) in [5.41, 5.74) is 0.493. The monoisotopic (exact) mass is 484 g/mol. The summed E-state index contributed by atoms with van der Waals surface area (Å²) in [5, 5.41) is 6.02. The van der Waals surface area contributed by atoms with Crippen molar-refractivity contribution in [3.63, 3.8) is 0 Å². The van der Waals surface area contributed by atoms with Crippen molar-refractivity contribution in [3.05, 3.63) is 24.0 Å². The summed E-state index contributed by atoms with van der Waals surface area (Å²) in [5.74, 6) is -0.972. The van der Waals surface area contributed by atoms with Gasteiger partial charge in [0.2, 0.25) is 23.6 Å². The van der Waals surface area contributed by atoms with Gasteiger partial charge < -0.3 is 29.9 Å². The summed E-state index contributed by atoms with van der Waals surface area (Å²) >= 11 is 0. The highest BCUT2D eigenvalue weighted by Gasteiger charge is 2.52. The molecule has 1 aromatic rings. The third-order valence-electron chi connectivity index (χ3n) is 7.95. The zero-order chi connectivity index (χ0) is 24.9. The van der Waals surface area contributed by atoms with Crippen molar-refractivity contribution >= 4 is 29.5 Å². The van der Waals surface area contributed by atoms with E-state index < -0.39 is 18.1 Å². The van der Waals surface area contributed by atoms with Crippen LogP contribution in [0.25, 0.3) is 0 Å². The molecule has 11 nitrogen and oxygen atoms in total. The topological polar surface area (TPSA) is 124 Å². The number of hydrogen-bond donors (Lipinski definition) is 2. The molecular formula is C24H32N6O5. The van der Waals surface area contributed by atoms with Crippen LogP contribution in [0, 0.1) is 5.92 Å². The first kappa shape index (κ1) is 23.4. The van der Waals surface area contributed by atoms with Crippen LogP contribution in [-0.2, 0) is 26.2 Å². The van der Waals surface area contributed by atoms with Gasteiger partial charge in [-0.1, -0.05) is 0 Å². The number of amides is 5. The number of aromatic nitrogens is 1. The van der Waals surface area contributed by atoms with Gasteiger partial charge in [0.05, 0.1) is 6.04 Å². The predicted molar refractivity (Wildman–Crippen MR) is 124 cm³/mol. The summed E-state index contributed by atoms with van der Waals surface area (Å²) < 4.78 is 1.72. The Hall–Kier alpha value is -3.37. The van der Waals surface area contributed by atoms with Gasteiger partial charge in [0, 0.05) is 58.3 Å². The van der Waals surface area contributed by atoms with Crippen LogP contribution < -0.4 is 10.6 Å². The molecule has 35 heavy (non-hydrogen) atoms. The third-order valence-corrected chi connectivity index (χ3v) is 7.95. The fourth-order valence-electron chi connectivity index (χ4n) is 5.96. The molecule has 0 unspecified atom stereocenters. The fourth-order valence-corrected chi connectivity index (χ4v) is 5.96. The van der Waals surface area contributed by atoms with E-state index in [0.29, 0.717) is 51.0 Å². The molecule has 0 aromatic carbocycles. The summed E-state index contributed by atoms with van der Waals surface area (Å²) in [6.07, 6.45) is 3.86. The van der Waals surface area contributed by atoms with Crippen LogP contribution in [0.5, 0.6) is 0 Å². The normalized spacial score (nSPS) is 28.9. The van der Waals surface area contributed by atoms with Gasteiger partial charge in [-0.15, -0.1) is 0 Å². The van der Waals surface area contributed by atoms with Crippen molar-refractivity contribution in [2.45, 2.75) is 56.8 Å². The highest BCUT2D eigenvalue weighted by molar-refractivity contribution is 6.00. The van der Waals surface area contributed by atoms with E-state index >= 15 is 0 Å². The maximum atomic E-state index is 13.6. The first-order chi connectivity index (χ1) is 16.7. The minimum atomic E-state index is -0.753. The standard InChI is InChI=1S/C24H32N6O5/c1-14(31)28-9-5-15(6-10-28)21(32)25-16-12-19-22(33)26-17-7-11-29(20(17)24(35)30(19)13-16)23(34)18-4-3-8-27(18)2/h3-4,8,15-17,19-20H,5-7,9-13H2,1-2H3,(H,25,32)(H,26,33)/t16-,17-,19+,20+/m1/s1. The minimum absolute atomic E-state index is 0.0157. The number of likely N-dealkylation sites (tertiary alicyclic amines) is 2. The van der Waals surface area contributed by atoms with E-state index in [1.807, 2.05) is 0 Å². The first-order valence-corrected chi connectivity index (χ1v) is 12.3. The summed E-state index contributed by atoms with van der Waals surface area (Å²) in [6.45, 7) is 3.28. The van der Waals surface area contributed by atoms with Crippen molar-refractivity contribution in [2.75, 3.05) is 26.2 Å². The van der Waals surface area contributed by atoms with Crippen LogP contribution >= 0.6 is 0 Å². The van der Waals surface area contributed by atoms with E-state index in [4.69, 9.17) is 0 Å². The van der Waals surface area contributed by atoms with Gasteiger partial charge in [-0.05, 0) is 37.8 Å². The highest BCUT2D eigenvalue weighted by atomic mass is 16.2. The fraction of sp³-hybridized carbons (Fsp3) is 0.625. The van der Waals surface area contributed by atoms with Gasteiger partial charge in [-0.3, -0.25) is 24.0 Å². The van der Waals surface area contributed by atoms with Crippen LogP contribution in [0.4, 0.5) is 0 Å². The number of rotatable bonds is 3. The number of fused-ring (bicyclic) bond motifs is 2. The lowest BCUT2D eigenvalue weighted by Gasteiger charge is -2.31. The highest BCUT2D eigenvalue weighted by Crippen LogP contribution is 2.30. The lowest BCUT2D eigenvalue weighted by atomic mass is 9.95. The Balaban J connectivity index is 1.26. The largest absolute Gasteiger partial charge is 0.351 e. The van der Waals surface area contributed by atoms with Crippen LogP contribution in [-0.4, -0.2) is 99.1 Å². The molecule has 4 aliphatic heterocycles. The average Bonchev–Trinajstić information content (AvgIpc) is 3.55. The molecule has 0 aliphatic carbocycles. The smallest absolute Gasteiger partial charge is 0.271 e. The van der Waals surface area contributed by atoms with Crippen molar-refractivity contribution in [3.8, 4) is 0 Å². The van der Waals surface area contributed by atoms with Crippen LogP contribution in [0.2, 0.25) is 0 Å². The number of carbonyl (C=O) groups is 5. The maximum absolute atomic E-state index is 13.6. The Bertz CT molecular complexity index is 1060. The van der Waals surface area contributed by atoms with Crippen molar-refractivity contribution in [1.82, 2.24) is 29.9 Å². The Morgan fingerprint density at radius 1 is 1.09 bits per heavy atom. The molecule has 4 fully saturated rings. The molecule has 4 atom stereocenters. The van der Waals surface area contributed by atoms with Gasteiger partial charge in [0.25, 0.3) is 5.91 Å². The van der Waals surface area contributed by atoms with E-state index in [2.05, 4.69) is 10.6 Å². The second-order valence-corrected chi connectivity index (χ2v) is 10.1. The lowest BCUT2D eigenvalue weighted by Crippen LogP contribution is -2.53. The molecule has 5 amide bonds. The molecular weight excluding hydrogens is 452 g/mol. The number of nitrogens with zero attached hydrogens (tertiary/aromatic N) is 4. The van der Waals surface area contributed by atoms with E-state index in [9.17, 15) is 24.0 Å². The number of hydrogen-bond acceptors (Lipinski definition) is 5. The summed E-state index contributed by atoms with van der Waals surface area (Å²) in [7, 11) is 1.78. The van der Waals surface area contributed by atoms with Gasteiger partial charge in [-0.25, -0.2) is 0 Å². The van der Waals surface area contributed by atoms with Crippen molar-refractivity contribution in [1.29, 1.82) is 0 Å². The van der Waals surface area contributed by atoms with E-state index in [1.54, 1.807) is 44.6 Å². The van der Waals surface area contributed by atoms with Gasteiger partial charge in [0.15, 0.2) is 0 Å². The van der Waals surface area contributed by atoms with Crippen LogP contribution in [0.1, 0.15) is 43.1 Å². The minimum Gasteiger partial charge on any atom is -0.351 e. The van der Waals surface area contributed by atoms with Crippen LogP contribution in [0.15, 0.2) is 18.3 Å². The predicted octanol–water partition coefficient (Wildman–Crippen LogP) is -0.918. The Morgan fingerprint density at radius 2 is 1.83 bits per heavy atom. The SMILES string of the molecule is CC(=O)N1CCC(C(=O)N[C@@H]2C[C@H]3C(=O)N[C@@H]4CCN(C(=O)c5cccn5C)[C@@H]4C(=O)N3C2)CC1. The van der Waals surface area contributed by atoms with E-state index in [0.717, 1.165) is 0 Å². The molecule has 5 heterocycles. The molecule has 4 saturated heterocycles. The summed E-state index contributed by atoms with van der Waals surface area (Å²) in [6, 6.07) is 1.35. The Morgan fingerprint density at radius 3 is 2.49 bits per heavy atom. The Labute approximate surface area is 203 Å². The second-order valence-electron chi connectivity index (χ2n) is 10.1. The number of piperidine rings is 1. The van der Waals surface area contributed by atoms with Gasteiger partial charge in [-0.2, -0.15) is 0 Å². The van der Waals surface area contributed by atoms with E-state index in [-0.39, 0.29) is 48.0 Å². The lowest BCUT2D eigenvalue weighted by molar-refractivity contribution is -0.138. The second kappa shape index (κ2) is 9.01. The molecule has 2 N–H and O–H groups in total. The molecule has 0 radical (unpaired) electrons. The molecule has 11 heteroatoms. The molecule has 4 aliphatic rings. The number of nitrogens with one attached hydrogen (secondary N) is 2. The summed E-state index contributed by atoms with van der Waals surface area (Å²) in [4.78, 5) is 69.1. The molecule has 1 aromatic heterocycles. The zero-order valence-corrected chi connectivity index (χ0v) is 20.1. The number of aryl methyl sites for hydroxylation is 1. The third kappa shape index (κ3) is 4.17. The average molecular weight is 485 g/mol. The molecule has 0 saturated carbocycles. The van der Waals surface area contributed by atoms with Gasteiger partial charge >= 0.3 is 0 Å². The molecule has 5 rings (SSSR count). The van der Waals surface area contributed by atoms with Crippen molar-refractivity contribution in [2.24, 2.45) is 13.0 Å². The maximum Gasteiger partial charge on any atom is 0.271 e. The number of carbonyl (C=O) groups excluding carboxylic acids is 5. The van der Waals surface area contributed by atoms with E-state index in [1.165, 1.54) is 6.92 Å². The van der Waals surface area contributed by atoms with Gasteiger partial charge in [0.1, 0.15) is 17.8 Å². The molecule has 0 bridgehead atoms. The Kier molecular flexibility index (Phi) is 6.02. The first-order valence-electron chi connectivity index (χ1n) is 12.3. The molecule has 188 valence electrons.